The van der Waals surface area contributed by atoms with E-state index in [4.69, 9.17) is 21.1 Å². The topological polar surface area (TPSA) is 38.8 Å². The van der Waals surface area contributed by atoms with Crippen LogP contribution in [-0.2, 0) is 4.74 Å². The van der Waals surface area contributed by atoms with Gasteiger partial charge in [0, 0.05) is 46.9 Å². The number of halogens is 1. The zero-order chi connectivity index (χ0) is 22.1. The number of carbonyl (C=O) groups excluding carboxylic acids is 1. The molecule has 0 fully saturated rings. The monoisotopic (exact) mass is 435 g/mol. The minimum Gasteiger partial charge on any atom is -0.465 e. The van der Waals surface area contributed by atoms with Crippen LogP contribution in [0.2, 0.25) is 5.02 Å². The maximum Gasteiger partial charge on any atom is 0.338 e. The second kappa shape index (κ2) is 8.64. The molecule has 0 spiro atoms. The Bertz CT molecular complexity index is 1140. The Morgan fingerprint density at radius 2 is 1.71 bits per heavy atom. The van der Waals surface area contributed by atoms with Crippen molar-refractivity contribution < 1.29 is 14.3 Å². The van der Waals surface area contributed by atoms with Crippen LogP contribution in [0.3, 0.4) is 0 Å². The van der Waals surface area contributed by atoms with Crippen molar-refractivity contribution in [3.8, 4) is 11.5 Å². The number of methoxy groups -OCH3 is 1. The van der Waals surface area contributed by atoms with Gasteiger partial charge in [0.05, 0.1) is 12.7 Å². The van der Waals surface area contributed by atoms with Crippen molar-refractivity contribution in [1.29, 1.82) is 0 Å². The highest BCUT2D eigenvalue weighted by Gasteiger charge is 2.32. The molecule has 3 aromatic carbocycles. The zero-order valence-corrected chi connectivity index (χ0v) is 19.0. The van der Waals surface area contributed by atoms with Gasteiger partial charge >= 0.3 is 5.97 Å². The third-order valence-electron chi connectivity index (χ3n) is 5.94. The van der Waals surface area contributed by atoms with Gasteiger partial charge in [0.15, 0.2) is 0 Å². The minimum absolute atomic E-state index is 0.196. The largest absolute Gasteiger partial charge is 0.465 e. The van der Waals surface area contributed by atoms with Crippen molar-refractivity contribution in [1.82, 2.24) is 0 Å². The van der Waals surface area contributed by atoms with Crippen molar-refractivity contribution in [2.75, 3.05) is 25.1 Å². The minimum atomic E-state index is -0.358. The van der Waals surface area contributed by atoms with Crippen LogP contribution in [0.15, 0.2) is 54.6 Å². The lowest BCUT2D eigenvalue weighted by molar-refractivity contribution is 0.0599. The van der Waals surface area contributed by atoms with Crippen molar-refractivity contribution in [3.63, 3.8) is 0 Å². The molecule has 1 unspecified atom stereocenters. The van der Waals surface area contributed by atoms with E-state index in [0.29, 0.717) is 10.6 Å². The molecule has 160 valence electrons. The number of hydrogen-bond acceptors (Lipinski definition) is 4. The van der Waals surface area contributed by atoms with Crippen LogP contribution < -0.4 is 9.64 Å². The van der Waals surface area contributed by atoms with Gasteiger partial charge in [0.2, 0.25) is 0 Å². The van der Waals surface area contributed by atoms with E-state index < -0.39 is 0 Å². The first-order chi connectivity index (χ1) is 15.0. The molecule has 4 rings (SSSR count). The molecule has 1 heterocycles. The highest BCUT2D eigenvalue weighted by atomic mass is 35.5. The molecule has 1 aliphatic rings. The van der Waals surface area contributed by atoms with Gasteiger partial charge in [-0.25, -0.2) is 4.79 Å². The Morgan fingerprint density at radius 3 is 2.42 bits per heavy atom. The van der Waals surface area contributed by atoms with E-state index >= 15 is 0 Å². The number of rotatable bonds is 5. The number of benzene rings is 3. The molecule has 0 saturated heterocycles. The lowest BCUT2D eigenvalue weighted by Gasteiger charge is -2.31. The lowest BCUT2D eigenvalue weighted by atomic mass is 9.80. The van der Waals surface area contributed by atoms with Crippen LogP contribution >= 0.6 is 11.6 Å². The highest BCUT2D eigenvalue weighted by molar-refractivity contribution is 6.31. The van der Waals surface area contributed by atoms with E-state index in [9.17, 15) is 4.79 Å². The molecule has 1 atom stereocenters. The maximum atomic E-state index is 12.6. The van der Waals surface area contributed by atoms with E-state index in [0.717, 1.165) is 52.5 Å². The Labute approximate surface area is 188 Å². The van der Waals surface area contributed by atoms with E-state index in [2.05, 4.69) is 36.9 Å². The van der Waals surface area contributed by atoms with Crippen LogP contribution in [-0.4, -0.2) is 26.2 Å². The Kier molecular flexibility index (Phi) is 5.92. The van der Waals surface area contributed by atoms with Crippen LogP contribution in [0, 0.1) is 6.92 Å². The first-order valence-corrected chi connectivity index (χ1v) is 10.9. The third kappa shape index (κ3) is 3.77. The lowest BCUT2D eigenvalue weighted by Crippen LogP contribution is -2.22. The zero-order valence-electron chi connectivity index (χ0n) is 18.2. The number of esters is 1. The number of nitrogens with zero attached hydrogens (tertiary/aromatic N) is 1. The van der Waals surface area contributed by atoms with Crippen LogP contribution in [0.1, 0.15) is 52.4 Å². The average Bonchev–Trinajstić information content (AvgIpc) is 2.79. The van der Waals surface area contributed by atoms with Crippen molar-refractivity contribution in [3.05, 3.63) is 87.4 Å². The summed E-state index contributed by atoms with van der Waals surface area (Å²) < 4.78 is 11.4. The summed E-state index contributed by atoms with van der Waals surface area (Å²) >= 11 is 6.51. The van der Waals surface area contributed by atoms with Gasteiger partial charge in [-0.3, -0.25) is 0 Å². The molecule has 31 heavy (non-hydrogen) atoms. The summed E-state index contributed by atoms with van der Waals surface area (Å²) in [6.45, 7) is 8.06. The maximum absolute atomic E-state index is 12.6. The van der Waals surface area contributed by atoms with Crippen molar-refractivity contribution in [2.24, 2.45) is 0 Å². The molecule has 0 radical (unpaired) electrons. The van der Waals surface area contributed by atoms with E-state index in [1.54, 1.807) is 6.07 Å². The smallest absolute Gasteiger partial charge is 0.338 e. The van der Waals surface area contributed by atoms with Crippen LogP contribution in [0.25, 0.3) is 0 Å². The molecule has 0 amide bonds. The summed E-state index contributed by atoms with van der Waals surface area (Å²) in [5, 5.41) is 0.672. The first kappa shape index (κ1) is 21.3. The molecule has 5 heteroatoms. The fourth-order valence-electron chi connectivity index (χ4n) is 4.29. The first-order valence-electron chi connectivity index (χ1n) is 10.5. The van der Waals surface area contributed by atoms with E-state index in [1.165, 1.54) is 7.11 Å². The molecule has 0 saturated carbocycles. The summed E-state index contributed by atoms with van der Waals surface area (Å²) in [6, 6.07) is 17.8. The van der Waals surface area contributed by atoms with Gasteiger partial charge in [-0.2, -0.15) is 0 Å². The van der Waals surface area contributed by atoms with E-state index in [1.807, 2.05) is 37.3 Å². The second-order valence-electron chi connectivity index (χ2n) is 7.65. The summed E-state index contributed by atoms with van der Waals surface area (Å²) in [6.07, 6.45) is 0. The summed E-state index contributed by atoms with van der Waals surface area (Å²) in [4.78, 5) is 14.8. The van der Waals surface area contributed by atoms with Gasteiger partial charge in [-0.15, -0.1) is 0 Å². The predicted octanol–water partition coefficient (Wildman–Crippen LogP) is 6.57. The van der Waals surface area contributed by atoms with Gasteiger partial charge in [-0.1, -0.05) is 35.9 Å². The molecule has 0 N–H and O–H groups in total. The van der Waals surface area contributed by atoms with Gasteiger partial charge in [0.1, 0.15) is 11.5 Å². The number of anilines is 1. The summed E-state index contributed by atoms with van der Waals surface area (Å²) in [5.41, 5.74) is 5.41. The van der Waals surface area contributed by atoms with Gasteiger partial charge in [0.25, 0.3) is 0 Å². The molecular weight excluding hydrogens is 410 g/mol. The SMILES string of the molecule is CCN(CC)c1ccc2c(c1)Oc1cc(C)c(Cl)cc1C2c1ccccc1C(=O)OC. The number of hydrogen-bond donors (Lipinski definition) is 0. The standard InChI is InChI=1S/C26H26ClNO3/c1-5-28(6-2)17-11-12-20-24(14-17)31-23-13-16(3)22(27)15-21(23)25(20)18-9-7-8-10-19(18)26(29)30-4/h7-15,25H,5-6H2,1-4H3. The fourth-order valence-corrected chi connectivity index (χ4v) is 4.46. The van der Waals surface area contributed by atoms with Crippen molar-refractivity contribution >= 4 is 23.3 Å². The highest BCUT2D eigenvalue weighted by Crippen LogP contribution is 2.50. The number of aryl methyl sites for hydroxylation is 1. The fraction of sp³-hybridized carbons (Fsp3) is 0.269. The quantitative estimate of drug-likeness (QED) is 0.332. The van der Waals surface area contributed by atoms with Crippen LogP contribution in [0.4, 0.5) is 5.69 Å². The third-order valence-corrected chi connectivity index (χ3v) is 6.34. The molecule has 0 bridgehead atoms. The van der Waals surface area contributed by atoms with Crippen molar-refractivity contribution in [2.45, 2.75) is 26.7 Å². The average molecular weight is 436 g/mol. The normalized spacial score (nSPS) is 14.3. The molecule has 1 aliphatic heterocycles. The predicted molar refractivity (Wildman–Crippen MR) is 125 cm³/mol. The molecule has 0 aliphatic carbocycles. The van der Waals surface area contributed by atoms with Gasteiger partial charge in [-0.05, 0) is 56.2 Å². The Morgan fingerprint density at radius 1 is 1.00 bits per heavy atom. The molecule has 3 aromatic rings. The molecule has 0 aromatic heterocycles. The molecule has 4 nitrogen and oxygen atoms in total. The summed E-state index contributed by atoms with van der Waals surface area (Å²) in [5.74, 6) is 1.00. The summed E-state index contributed by atoms with van der Waals surface area (Å²) in [7, 11) is 1.40. The number of ether oxygens (including phenoxy) is 2. The Balaban J connectivity index is 1.96. The molecular formula is C26H26ClNO3. The van der Waals surface area contributed by atoms with E-state index in [-0.39, 0.29) is 11.9 Å². The number of fused-ring (bicyclic) bond motifs is 2. The van der Waals surface area contributed by atoms with Crippen LogP contribution in [0.5, 0.6) is 11.5 Å². The Hall–Kier alpha value is -2.98. The second-order valence-corrected chi connectivity index (χ2v) is 8.05. The van der Waals surface area contributed by atoms with Gasteiger partial charge < -0.3 is 14.4 Å². The number of carbonyl (C=O) groups is 1.